The minimum Gasteiger partial charge on any atom is -0.473 e. The summed E-state index contributed by atoms with van der Waals surface area (Å²) >= 11 is 0. The lowest BCUT2D eigenvalue weighted by atomic mass is 10.5. The standard InChI is InChI=1S/C8H9NO.C2H6/c1-2-7-10-8-5-3-4-6-9-8;1-2/h2-6H,1,7H2;1-2H3. The van der Waals surface area contributed by atoms with Crippen molar-refractivity contribution in [2.75, 3.05) is 6.61 Å². The number of aromatic nitrogens is 1. The highest BCUT2D eigenvalue weighted by atomic mass is 16.5. The van der Waals surface area contributed by atoms with Gasteiger partial charge >= 0.3 is 0 Å². The van der Waals surface area contributed by atoms with E-state index in [0.717, 1.165) is 0 Å². The van der Waals surface area contributed by atoms with Crippen LogP contribution in [-0.2, 0) is 0 Å². The molecule has 2 heteroatoms. The number of pyridine rings is 1. The number of rotatable bonds is 3. The van der Waals surface area contributed by atoms with Crippen LogP contribution in [0.4, 0.5) is 0 Å². The molecule has 12 heavy (non-hydrogen) atoms. The van der Waals surface area contributed by atoms with Gasteiger partial charge in [-0.2, -0.15) is 0 Å². The van der Waals surface area contributed by atoms with Gasteiger partial charge in [-0.15, -0.1) is 0 Å². The predicted octanol–water partition coefficient (Wildman–Crippen LogP) is 2.67. The van der Waals surface area contributed by atoms with Crippen molar-refractivity contribution in [2.24, 2.45) is 0 Å². The van der Waals surface area contributed by atoms with E-state index in [4.69, 9.17) is 4.74 Å². The SMILES string of the molecule is C=CCOc1ccccn1.CC. The van der Waals surface area contributed by atoms with Gasteiger partial charge in [0.05, 0.1) is 0 Å². The van der Waals surface area contributed by atoms with E-state index >= 15 is 0 Å². The highest BCUT2D eigenvalue weighted by Crippen LogP contribution is 2.01. The van der Waals surface area contributed by atoms with Crippen molar-refractivity contribution in [3.63, 3.8) is 0 Å². The van der Waals surface area contributed by atoms with Crippen molar-refractivity contribution in [3.05, 3.63) is 37.1 Å². The van der Waals surface area contributed by atoms with Gasteiger partial charge in [0.1, 0.15) is 6.61 Å². The fourth-order valence-electron chi connectivity index (χ4n) is 0.577. The van der Waals surface area contributed by atoms with Gasteiger partial charge in [-0.1, -0.05) is 32.6 Å². The van der Waals surface area contributed by atoms with Crippen molar-refractivity contribution in [1.29, 1.82) is 0 Å². The monoisotopic (exact) mass is 165 g/mol. The Morgan fingerprint density at radius 1 is 1.50 bits per heavy atom. The second-order valence-corrected chi connectivity index (χ2v) is 1.77. The minimum atomic E-state index is 0.511. The maximum absolute atomic E-state index is 5.13. The van der Waals surface area contributed by atoms with Crippen molar-refractivity contribution >= 4 is 0 Å². The summed E-state index contributed by atoms with van der Waals surface area (Å²) < 4.78 is 5.13. The fourth-order valence-corrected chi connectivity index (χ4v) is 0.577. The van der Waals surface area contributed by atoms with Crippen LogP contribution in [0.1, 0.15) is 13.8 Å². The zero-order valence-electron chi connectivity index (χ0n) is 7.66. The van der Waals surface area contributed by atoms with Gasteiger partial charge in [0.2, 0.25) is 5.88 Å². The Morgan fingerprint density at radius 3 is 2.75 bits per heavy atom. The molecule has 1 rings (SSSR count). The minimum absolute atomic E-state index is 0.511. The van der Waals surface area contributed by atoms with Gasteiger partial charge in [-0.3, -0.25) is 0 Å². The first kappa shape index (κ1) is 10.7. The van der Waals surface area contributed by atoms with E-state index in [1.54, 1.807) is 12.3 Å². The lowest BCUT2D eigenvalue weighted by Crippen LogP contribution is -1.93. The van der Waals surface area contributed by atoms with E-state index < -0.39 is 0 Å². The van der Waals surface area contributed by atoms with Crippen LogP contribution in [0, 0.1) is 0 Å². The summed E-state index contributed by atoms with van der Waals surface area (Å²) in [5, 5.41) is 0. The molecule has 66 valence electrons. The van der Waals surface area contributed by atoms with Crippen molar-refractivity contribution < 1.29 is 4.74 Å². The van der Waals surface area contributed by atoms with E-state index in [9.17, 15) is 0 Å². The molecule has 2 nitrogen and oxygen atoms in total. The van der Waals surface area contributed by atoms with Gasteiger partial charge < -0.3 is 4.74 Å². The van der Waals surface area contributed by atoms with Gasteiger partial charge in [-0.05, 0) is 6.07 Å². The highest BCUT2D eigenvalue weighted by molar-refractivity contribution is 5.09. The molecular weight excluding hydrogens is 150 g/mol. The molecule has 0 atom stereocenters. The largest absolute Gasteiger partial charge is 0.473 e. The van der Waals surface area contributed by atoms with E-state index in [1.165, 1.54) is 0 Å². The molecule has 1 aromatic heterocycles. The van der Waals surface area contributed by atoms with Crippen LogP contribution in [0.15, 0.2) is 37.1 Å². The molecule has 0 aliphatic carbocycles. The third-order valence-electron chi connectivity index (χ3n) is 0.987. The third-order valence-corrected chi connectivity index (χ3v) is 0.987. The molecule has 0 aliphatic rings. The molecule has 0 fully saturated rings. The Balaban J connectivity index is 0.000000561. The second kappa shape index (κ2) is 7.79. The molecule has 0 N–H and O–H groups in total. The molecule has 1 aromatic rings. The predicted molar refractivity (Wildman–Crippen MR) is 51.3 cm³/mol. The molecule has 0 amide bonds. The summed E-state index contributed by atoms with van der Waals surface area (Å²) in [6.07, 6.45) is 3.38. The zero-order valence-corrected chi connectivity index (χ0v) is 7.66. The molecule has 0 saturated carbocycles. The molecule has 0 spiro atoms. The first-order chi connectivity index (χ1) is 5.93. The quantitative estimate of drug-likeness (QED) is 0.642. The molecule has 0 aliphatic heterocycles. The third kappa shape index (κ3) is 4.50. The Kier molecular flexibility index (Phi) is 6.94. The summed E-state index contributed by atoms with van der Waals surface area (Å²) in [7, 11) is 0. The fraction of sp³-hybridized carbons (Fsp3) is 0.300. The van der Waals surface area contributed by atoms with E-state index in [0.29, 0.717) is 12.5 Å². The summed E-state index contributed by atoms with van der Waals surface area (Å²) in [4.78, 5) is 3.95. The van der Waals surface area contributed by atoms with Gasteiger partial charge in [0.25, 0.3) is 0 Å². The Bertz CT molecular complexity index is 196. The number of hydrogen-bond donors (Lipinski definition) is 0. The summed E-state index contributed by atoms with van der Waals surface area (Å²) in [6, 6.07) is 5.54. The summed E-state index contributed by atoms with van der Waals surface area (Å²) in [6.45, 7) is 8.03. The van der Waals surface area contributed by atoms with Crippen LogP contribution in [0.3, 0.4) is 0 Å². The molecule has 0 saturated heterocycles. The smallest absolute Gasteiger partial charge is 0.213 e. The van der Waals surface area contributed by atoms with Crippen LogP contribution in [-0.4, -0.2) is 11.6 Å². The average Bonchev–Trinajstić information content (AvgIpc) is 2.19. The van der Waals surface area contributed by atoms with Crippen LogP contribution in [0.2, 0.25) is 0 Å². The topological polar surface area (TPSA) is 22.1 Å². The Hall–Kier alpha value is -1.31. The van der Waals surface area contributed by atoms with Crippen molar-refractivity contribution in [3.8, 4) is 5.88 Å². The Labute approximate surface area is 73.9 Å². The lowest BCUT2D eigenvalue weighted by molar-refractivity contribution is 0.349. The molecule has 0 aromatic carbocycles. The van der Waals surface area contributed by atoms with Gasteiger partial charge in [-0.25, -0.2) is 4.98 Å². The molecule has 0 bridgehead atoms. The molecule has 0 radical (unpaired) electrons. The number of ether oxygens (including phenoxy) is 1. The van der Waals surface area contributed by atoms with Gasteiger partial charge in [0, 0.05) is 12.3 Å². The number of hydrogen-bond acceptors (Lipinski definition) is 2. The van der Waals surface area contributed by atoms with E-state index in [-0.39, 0.29) is 0 Å². The molecular formula is C10H15NO. The summed E-state index contributed by atoms with van der Waals surface area (Å²) in [5.74, 6) is 0.641. The summed E-state index contributed by atoms with van der Waals surface area (Å²) in [5.41, 5.74) is 0. The Morgan fingerprint density at radius 2 is 2.25 bits per heavy atom. The number of nitrogens with zero attached hydrogens (tertiary/aromatic N) is 1. The lowest BCUT2D eigenvalue weighted by Gasteiger charge is -1.98. The zero-order chi connectivity index (χ0) is 9.23. The van der Waals surface area contributed by atoms with Crippen LogP contribution in [0.25, 0.3) is 0 Å². The molecule has 1 heterocycles. The average molecular weight is 165 g/mol. The van der Waals surface area contributed by atoms with Crippen LogP contribution < -0.4 is 4.74 Å². The molecule has 0 unspecified atom stereocenters. The highest BCUT2D eigenvalue weighted by Gasteiger charge is 1.86. The van der Waals surface area contributed by atoms with Crippen LogP contribution >= 0.6 is 0 Å². The maximum atomic E-state index is 5.13. The first-order valence-corrected chi connectivity index (χ1v) is 4.08. The second-order valence-electron chi connectivity index (χ2n) is 1.77. The van der Waals surface area contributed by atoms with Crippen molar-refractivity contribution in [2.45, 2.75) is 13.8 Å². The van der Waals surface area contributed by atoms with Crippen LogP contribution in [0.5, 0.6) is 5.88 Å². The van der Waals surface area contributed by atoms with E-state index in [1.807, 2.05) is 32.0 Å². The maximum Gasteiger partial charge on any atom is 0.213 e. The normalized spacial score (nSPS) is 7.83. The van der Waals surface area contributed by atoms with Crippen molar-refractivity contribution in [1.82, 2.24) is 4.98 Å². The van der Waals surface area contributed by atoms with E-state index in [2.05, 4.69) is 11.6 Å². The first-order valence-electron chi connectivity index (χ1n) is 4.08. The van der Waals surface area contributed by atoms with Gasteiger partial charge in [0.15, 0.2) is 0 Å².